The molecule has 4 N–H and O–H groups in total. The molecule has 0 radical (unpaired) electrons. The number of nitrogens with one attached hydrogen (secondary N) is 1. The number of aliphatic hydroxyl groups excluding tert-OH is 3. The molecule has 2 aliphatic rings. The monoisotopic (exact) mass is 516 g/mol. The quantitative estimate of drug-likeness (QED) is 0.397. The van der Waals surface area contributed by atoms with Crippen molar-refractivity contribution in [2.24, 2.45) is 0 Å². The van der Waals surface area contributed by atoms with Crippen LogP contribution in [0.3, 0.4) is 0 Å². The van der Waals surface area contributed by atoms with Crippen LogP contribution >= 0.6 is 0 Å². The third-order valence-corrected chi connectivity index (χ3v) is 8.17. The van der Waals surface area contributed by atoms with E-state index in [1.54, 1.807) is 12.1 Å². The van der Waals surface area contributed by atoms with Gasteiger partial charge in [0.2, 0.25) is 0 Å². The molecule has 2 heterocycles. The number of benzene rings is 2. The van der Waals surface area contributed by atoms with Gasteiger partial charge in [0.1, 0.15) is 30.5 Å². The molecule has 2 aliphatic heterocycles. The van der Waals surface area contributed by atoms with Crippen molar-refractivity contribution >= 4 is 32.6 Å². The lowest BCUT2D eigenvalue weighted by Gasteiger charge is -2.39. The Morgan fingerprint density at radius 2 is 1.75 bits per heavy atom. The zero-order chi connectivity index (χ0) is 26.0. The van der Waals surface area contributed by atoms with Gasteiger partial charge in [-0.25, -0.2) is 13.1 Å². The lowest BCUT2D eigenvalue weighted by Crippen LogP contribution is -2.59. The lowest BCUT2D eigenvalue weighted by molar-refractivity contribution is -0.214. The van der Waals surface area contributed by atoms with Crippen LogP contribution in [0.5, 0.6) is 0 Å². The van der Waals surface area contributed by atoms with Crippen molar-refractivity contribution in [3.63, 3.8) is 0 Å². The Balaban J connectivity index is 1.48. The van der Waals surface area contributed by atoms with Crippen molar-refractivity contribution in [3.8, 4) is 6.07 Å². The molecule has 11 heteroatoms. The highest BCUT2D eigenvalue weighted by molar-refractivity contribution is 7.93. The maximum Gasteiger partial charge on any atom is 0.250 e. The van der Waals surface area contributed by atoms with Gasteiger partial charge in [-0.2, -0.15) is 5.26 Å². The summed E-state index contributed by atoms with van der Waals surface area (Å²) in [5.41, 5.74) is 1.69. The molecule has 5 atom stereocenters. The molecule has 10 nitrogen and oxygen atoms in total. The minimum absolute atomic E-state index is 0.372. The van der Waals surface area contributed by atoms with Crippen LogP contribution in [0.4, 0.5) is 5.69 Å². The van der Waals surface area contributed by atoms with Gasteiger partial charge in [-0.1, -0.05) is 18.2 Å². The summed E-state index contributed by atoms with van der Waals surface area (Å²) in [7, 11) is -2.10. The minimum Gasteiger partial charge on any atom is -0.388 e. The molecular formula is C25H32N4O6S. The van der Waals surface area contributed by atoms with E-state index in [-0.39, 0.29) is 6.54 Å². The van der Waals surface area contributed by atoms with Crippen molar-refractivity contribution in [1.82, 2.24) is 9.62 Å². The fourth-order valence-corrected chi connectivity index (χ4v) is 5.45. The van der Waals surface area contributed by atoms with Gasteiger partial charge in [-0.05, 0) is 54.6 Å². The molecule has 0 spiro atoms. The number of piperazine rings is 1. The van der Waals surface area contributed by atoms with Gasteiger partial charge in [0.15, 0.2) is 4.91 Å². The largest absolute Gasteiger partial charge is 0.388 e. The molecule has 2 aromatic carbocycles. The van der Waals surface area contributed by atoms with E-state index in [2.05, 4.69) is 27.6 Å². The standard InChI is InChI=1S/C25H32N4O6S/c1-16-23(30)25(32)24(31)22(35-16)15-27-36(33,34)21(14-26)12-17-3-4-19-13-20(6-5-18(19)11-17)29-9-7-28(2)8-10-29/h3-6,11-13,16,22-25,27,30-32H,7-10,15H2,1-2H3/b21-12+/t16?,22-,23+,24-,25-/m1/s1. The summed E-state index contributed by atoms with van der Waals surface area (Å²) in [6.07, 6.45) is -4.82. The smallest absolute Gasteiger partial charge is 0.250 e. The van der Waals surface area contributed by atoms with Crippen molar-refractivity contribution < 1.29 is 28.5 Å². The van der Waals surface area contributed by atoms with Gasteiger partial charge in [0.05, 0.1) is 6.10 Å². The number of anilines is 1. The first-order valence-electron chi connectivity index (χ1n) is 11.9. The Morgan fingerprint density at radius 1 is 1.08 bits per heavy atom. The number of hydrogen-bond acceptors (Lipinski definition) is 9. The summed E-state index contributed by atoms with van der Waals surface area (Å²) in [5, 5.41) is 41.3. The molecule has 1 unspecified atom stereocenters. The van der Waals surface area contributed by atoms with E-state index in [1.165, 1.54) is 13.0 Å². The Morgan fingerprint density at radius 3 is 2.44 bits per heavy atom. The summed E-state index contributed by atoms with van der Waals surface area (Å²) in [6, 6.07) is 13.4. The van der Waals surface area contributed by atoms with Crippen LogP contribution in [0, 0.1) is 11.3 Å². The number of fused-ring (bicyclic) bond motifs is 1. The van der Waals surface area contributed by atoms with Crippen molar-refractivity contribution in [3.05, 3.63) is 46.9 Å². The zero-order valence-electron chi connectivity index (χ0n) is 20.3. The molecule has 2 saturated heterocycles. The molecule has 2 aromatic rings. The van der Waals surface area contributed by atoms with Gasteiger partial charge in [-0.3, -0.25) is 0 Å². The lowest BCUT2D eigenvalue weighted by atomic mass is 9.96. The molecule has 4 rings (SSSR count). The van der Waals surface area contributed by atoms with Crippen LogP contribution in [0.15, 0.2) is 41.3 Å². The Kier molecular flexibility index (Phi) is 7.96. The number of ether oxygens (including phenoxy) is 1. The van der Waals surface area contributed by atoms with E-state index >= 15 is 0 Å². The molecule has 0 amide bonds. The fraction of sp³-hybridized carbons (Fsp3) is 0.480. The van der Waals surface area contributed by atoms with E-state index in [9.17, 15) is 29.0 Å². The van der Waals surface area contributed by atoms with Crippen molar-refractivity contribution in [2.75, 3.05) is 44.7 Å². The first-order valence-corrected chi connectivity index (χ1v) is 13.4. The third-order valence-electron chi connectivity index (χ3n) is 6.84. The zero-order valence-corrected chi connectivity index (χ0v) is 21.1. The molecule has 194 valence electrons. The highest BCUT2D eigenvalue weighted by Crippen LogP contribution is 2.26. The van der Waals surface area contributed by atoms with Gasteiger partial charge in [0, 0.05) is 38.4 Å². The fourth-order valence-electron chi connectivity index (χ4n) is 4.50. The van der Waals surface area contributed by atoms with Crippen LogP contribution in [0.2, 0.25) is 0 Å². The van der Waals surface area contributed by atoms with Gasteiger partial charge < -0.3 is 29.9 Å². The highest BCUT2D eigenvalue weighted by Gasteiger charge is 2.42. The summed E-state index contributed by atoms with van der Waals surface area (Å²) in [4.78, 5) is 4.15. The minimum atomic E-state index is -4.22. The van der Waals surface area contributed by atoms with E-state index < -0.39 is 45.4 Å². The Bertz CT molecular complexity index is 1270. The predicted molar refractivity (Wildman–Crippen MR) is 137 cm³/mol. The summed E-state index contributed by atoms with van der Waals surface area (Å²) < 4.78 is 33.3. The maximum absolute atomic E-state index is 12.8. The van der Waals surface area contributed by atoms with E-state index in [0.717, 1.165) is 42.6 Å². The summed E-state index contributed by atoms with van der Waals surface area (Å²) in [5.74, 6) is 0. The average Bonchev–Trinajstić information content (AvgIpc) is 2.87. The van der Waals surface area contributed by atoms with Crippen LogP contribution < -0.4 is 9.62 Å². The second kappa shape index (κ2) is 10.8. The summed E-state index contributed by atoms with van der Waals surface area (Å²) in [6.45, 7) is 5.07. The van der Waals surface area contributed by atoms with E-state index in [4.69, 9.17) is 4.74 Å². The molecule has 0 bridgehead atoms. The molecule has 2 fully saturated rings. The first-order chi connectivity index (χ1) is 17.1. The Hall–Kier alpha value is -2.56. The Labute approximate surface area is 211 Å². The molecular weight excluding hydrogens is 484 g/mol. The van der Waals surface area contributed by atoms with E-state index in [0.29, 0.717) is 5.56 Å². The molecule has 0 aromatic heterocycles. The SMILES string of the molecule is CC1O[C@H](CNS(=O)(=O)/C(C#N)=C/c2ccc3cc(N4CCN(C)CC4)ccc3c2)[C@@H](O)[C@H](O)[C@H]1O. The molecule has 0 aliphatic carbocycles. The van der Waals surface area contributed by atoms with Crippen LogP contribution in [0.25, 0.3) is 16.8 Å². The highest BCUT2D eigenvalue weighted by atomic mass is 32.2. The van der Waals surface area contributed by atoms with Crippen LogP contribution in [-0.4, -0.2) is 98.9 Å². The van der Waals surface area contributed by atoms with Crippen molar-refractivity contribution in [2.45, 2.75) is 37.4 Å². The number of likely N-dealkylation sites (N-methyl/N-ethyl adjacent to an activating group) is 1. The third kappa shape index (κ3) is 5.71. The average molecular weight is 517 g/mol. The van der Waals surface area contributed by atoms with Crippen molar-refractivity contribution in [1.29, 1.82) is 5.26 Å². The van der Waals surface area contributed by atoms with Gasteiger partial charge in [-0.15, -0.1) is 0 Å². The first kappa shape index (κ1) is 26.5. The predicted octanol–water partition coefficient (Wildman–Crippen LogP) is 0.245. The number of nitrogens with zero attached hydrogens (tertiary/aromatic N) is 3. The number of allylic oxidation sites excluding steroid dienone is 1. The topological polar surface area (TPSA) is 146 Å². The molecule has 36 heavy (non-hydrogen) atoms. The number of nitriles is 1. The van der Waals surface area contributed by atoms with Crippen LogP contribution in [-0.2, 0) is 14.8 Å². The van der Waals surface area contributed by atoms with Crippen LogP contribution in [0.1, 0.15) is 12.5 Å². The second-order valence-electron chi connectivity index (χ2n) is 9.40. The normalized spacial score (nSPS) is 28.3. The number of aliphatic hydroxyl groups is 3. The molecule has 0 saturated carbocycles. The number of hydrogen-bond donors (Lipinski definition) is 4. The summed E-state index contributed by atoms with van der Waals surface area (Å²) >= 11 is 0. The van der Waals surface area contributed by atoms with Gasteiger partial charge >= 0.3 is 0 Å². The van der Waals surface area contributed by atoms with Gasteiger partial charge in [0.25, 0.3) is 10.0 Å². The number of rotatable bonds is 6. The number of sulfonamides is 1. The van der Waals surface area contributed by atoms with E-state index in [1.807, 2.05) is 24.3 Å². The maximum atomic E-state index is 12.8. The second-order valence-corrected chi connectivity index (χ2v) is 11.1.